The molecule has 0 radical (unpaired) electrons. The summed E-state index contributed by atoms with van der Waals surface area (Å²) in [5, 5.41) is 14.7. The molecule has 0 atom stereocenters. The van der Waals surface area contributed by atoms with Crippen LogP contribution in [-0.4, -0.2) is 37.6 Å². The van der Waals surface area contributed by atoms with Crippen molar-refractivity contribution in [2.45, 2.75) is 38.5 Å². The second kappa shape index (κ2) is 10.1. The summed E-state index contributed by atoms with van der Waals surface area (Å²) < 4.78 is 27.1. The van der Waals surface area contributed by atoms with Crippen LogP contribution in [0.25, 0.3) is 0 Å². The van der Waals surface area contributed by atoms with Crippen molar-refractivity contribution < 1.29 is 18.0 Å². The van der Waals surface area contributed by atoms with E-state index >= 15 is 0 Å². The number of hydrogen-bond donors (Lipinski definition) is 2. The van der Waals surface area contributed by atoms with Crippen molar-refractivity contribution in [2.24, 2.45) is 11.8 Å². The summed E-state index contributed by atoms with van der Waals surface area (Å²) in [7, 11) is -3.67. The molecule has 2 amide bonds. The van der Waals surface area contributed by atoms with Gasteiger partial charge in [0.1, 0.15) is 0 Å². The smallest absolute Gasteiger partial charge is 0.243 e. The van der Waals surface area contributed by atoms with Gasteiger partial charge in [0.2, 0.25) is 21.8 Å². The zero-order valence-electron chi connectivity index (χ0n) is 19.0. The molecule has 0 spiro atoms. The molecule has 33 heavy (non-hydrogen) atoms. The highest BCUT2D eigenvalue weighted by molar-refractivity contribution is 7.89. The van der Waals surface area contributed by atoms with Crippen molar-refractivity contribution in [1.82, 2.24) is 4.31 Å². The van der Waals surface area contributed by atoms with E-state index in [-0.39, 0.29) is 41.6 Å². The van der Waals surface area contributed by atoms with Gasteiger partial charge in [0.05, 0.1) is 16.5 Å². The first kappa shape index (κ1) is 24.4. The zero-order chi connectivity index (χ0) is 24.2. The summed E-state index contributed by atoms with van der Waals surface area (Å²) in [5.74, 6) is -0.742. The molecule has 2 N–H and O–H groups in total. The first-order valence-corrected chi connectivity index (χ1v) is 12.3. The van der Waals surface area contributed by atoms with Crippen LogP contribution in [0.3, 0.4) is 0 Å². The predicted molar refractivity (Wildman–Crippen MR) is 126 cm³/mol. The third-order valence-corrected chi connectivity index (χ3v) is 7.65. The maximum absolute atomic E-state index is 12.9. The second-order valence-corrected chi connectivity index (χ2v) is 10.4. The molecule has 0 aliphatic carbocycles. The summed E-state index contributed by atoms with van der Waals surface area (Å²) in [6, 6.07) is 13.1. The van der Waals surface area contributed by atoms with E-state index in [0.29, 0.717) is 29.8 Å². The van der Waals surface area contributed by atoms with Crippen molar-refractivity contribution in [3.8, 4) is 6.07 Å². The van der Waals surface area contributed by atoms with Gasteiger partial charge in [-0.1, -0.05) is 19.9 Å². The topological polar surface area (TPSA) is 119 Å². The van der Waals surface area contributed by atoms with Crippen LogP contribution in [0.15, 0.2) is 47.4 Å². The fourth-order valence-corrected chi connectivity index (χ4v) is 5.03. The number of aryl methyl sites for hydroxylation is 1. The molecule has 0 unspecified atom stereocenters. The third-order valence-electron chi connectivity index (χ3n) is 5.73. The molecular weight excluding hydrogens is 440 g/mol. The van der Waals surface area contributed by atoms with Crippen LogP contribution in [0.4, 0.5) is 11.4 Å². The van der Waals surface area contributed by atoms with E-state index in [0.717, 1.165) is 5.56 Å². The normalized spacial score (nSPS) is 15.1. The fraction of sp³-hybridized carbons (Fsp3) is 0.375. The Balaban J connectivity index is 1.62. The number of anilines is 2. The molecule has 0 aromatic heterocycles. The highest BCUT2D eigenvalue weighted by atomic mass is 32.2. The molecule has 1 aliphatic rings. The highest BCUT2D eigenvalue weighted by Gasteiger charge is 2.32. The lowest BCUT2D eigenvalue weighted by molar-refractivity contribution is -0.121. The molecule has 1 heterocycles. The van der Waals surface area contributed by atoms with Gasteiger partial charge in [-0.3, -0.25) is 9.59 Å². The summed E-state index contributed by atoms with van der Waals surface area (Å²) in [4.78, 5) is 25.0. The second-order valence-electron chi connectivity index (χ2n) is 8.48. The summed E-state index contributed by atoms with van der Waals surface area (Å²) in [6.07, 6.45) is 0.814. The molecule has 0 bridgehead atoms. The average molecular weight is 469 g/mol. The number of carbonyl (C=O) groups is 2. The lowest BCUT2D eigenvalue weighted by atomic mass is 9.97. The van der Waals surface area contributed by atoms with E-state index in [9.17, 15) is 18.0 Å². The van der Waals surface area contributed by atoms with Gasteiger partial charge in [0.25, 0.3) is 0 Å². The molecule has 2 aromatic carbocycles. The quantitative estimate of drug-likeness (QED) is 0.672. The van der Waals surface area contributed by atoms with Crippen LogP contribution < -0.4 is 10.6 Å². The number of rotatable bonds is 6. The van der Waals surface area contributed by atoms with Gasteiger partial charge in [-0.05, 0) is 61.7 Å². The van der Waals surface area contributed by atoms with E-state index in [2.05, 4.69) is 10.6 Å². The highest BCUT2D eigenvalue weighted by Crippen LogP contribution is 2.27. The summed E-state index contributed by atoms with van der Waals surface area (Å²) in [5.41, 5.74) is 2.49. The van der Waals surface area contributed by atoms with Crippen LogP contribution in [0.5, 0.6) is 0 Å². The van der Waals surface area contributed by atoms with Crippen LogP contribution in [0.2, 0.25) is 0 Å². The summed E-state index contributed by atoms with van der Waals surface area (Å²) in [6.45, 7) is 5.96. The maximum atomic E-state index is 12.9. The van der Waals surface area contributed by atoms with Crippen LogP contribution in [0.1, 0.15) is 37.8 Å². The predicted octanol–water partition coefficient (Wildman–Crippen LogP) is 3.50. The van der Waals surface area contributed by atoms with Gasteiger partial charge < -0.3 is 10.6 Å². The number of nitrogens with zero attached hydrogens (tertiary/aromatic N) is 2. The molecule has 1 saturated heterocycles. The number of sulfonamides is 1. The SMILES string of the molecule is Cc1ccc(NC(=O)C(C)C)cc1NC(=O)C1CCN(S(=O)(=O)c2ccc(C#N)cc2)CC1. The first-order chi connectivity index (χ1) is 15.6. The van der Waals surface area contributed by atoms with Crippen molar-refractivity contribution in [1.29, 1.82) is 5.26 Å². The van der Waals surface area contributed by atoms with Gasteiger partial charge in [0, 0.05) is 36.3 Å². The molecule has 174 valence electrons. The Kier molecular flexibility index (Phi) is 7.51. The minimum atomic E-state index is -3.67. The van der Waals surface area contributed by atoms with E-state index in [1.807, 2.05) is 19.1 Å². The Bertz CT molecular complexity index is 1180. The Labute approximate surface area is 194 Å². The molecule has 3 rings (SSSR count). The van der Waals surface area contributed by atoms with Crippen molar-refractivity contribution >= 4 is 33.2 Å². The number of nitrogens with one attached hydrogen (secondary N) is 2. The Morgan fingerprint density at radius 2 is 1.70 bits per heavy atom. The van der Waals surface area contributed by atoms with E-state index in [1.165, 1.54) is 28.6 Å². The number of piperidine rings is 1. The van der Waals surface area contributed by atoms with Crippen molar-refractivity contribution in [3.05, 3.63) is 53.6 Å². The minimum Gasteiger partial charge on any atom is -0.326 e. The van der Waals surface area contributed by atoms with Crippen LogP contribution in [0, 0.1) is 30.1 Å². The molecule has 9 heteroatoms. The molecule has 0 saturated carbocycles. The van der Waals surface area contributed by atoms with E-state index in [1.54, 1.807) is 26.0 Å². The maximum Gasteiger partial charge on any atom is 0.243 e. The molecule has 2 aromatic rings. The lowest BCUT2D eigenvalue weighted by Crippen LogP contribution is -2.41. The van der Waals surface area contributed by atoms with Crippen LogP contribution in [-0.2, 0) is 19.6 Å². The standard InChI is InChI=1S/C24H28N4O4S/c1-16(2)23(29)26-20-7-4-17(3)22(14-20)27-24(30)19-10-12-28(13-11-19)33(31,32)21-8-5-18(15-25)6-9-21/h4-9,14,16,19H,10-13H2,1-3H3,(H,26,29)(H,27,30). The third kappa shape index (κ3) is 5.78. The Morgan fingerprint density at radius 3 is 2.27 bits per heavy atom. The number of amides is 2. The van der Waals surface area contributed by atoms with E-state index < -0.39 is 10.0 Å². The van der Waals surface area contributed by atoms with Crippen molar-refractivity contribution in [2.75, 3.05) is 23.7 Å². The number of carbonyl (C=O) groups excluding carboxylic acids is 2. The zero-order valence-corrected chi connectivity index (χ0v) is 19.8. The van der Waals surface area contributed by atoms with Crippen molar-refractivity contribution in [3.63, 3.8) is 0 Å². The van der Waals surface area contributed by atoms with Crippen LogP contribution >= 0.6 is 0 Å². The largest absolute Gasteiger partial charge is 0.326 e. The lowest BCUT2D eigenvalue weighted by Gasteiger charge is -2.30. The monoisotopic (exact) mass is 468 g/mol. The van der Waals surface area contributed by atoms with Gasteiger partial charge in [0.15, 0.2) is 0 Å². The molecular formula is C24H28N4O4S. The number of benzene rings is 2. The minimum absolute atomic E-state index is 0.105. The molecule has 1 aliphatic heterocycles. The average Bonchev–Trinajstić information content (AvgIpc) is 2.81. The fourth-order valence-electron chi connectivity index (χ4n) is 3.56. The molecule has 8 nitrogen and oxygen atoms in total. The number of nitriles is 1. The van der Waals surface area contributed by atoms with Gasteiger partial charge in [-0.2, -0.15) is 9.57 Å². The van der Waals surface area contributed by atoms with E-state index in [4.69, 9.17) is 5.26 Å². The van der Waals surface area contributed by atoms with Gasteiger partial charge >= 0.3 is 0 Å². The number of hydrogen-bond acceptors (Lipinski definition) is 5. The summed E-state index contributed by atoms with van der Waals surface area (Å²) >= 11 is 0. The van der Waals surface area contributed by atoms with Gasteiger partial charge in [-0.25, -0.2) is 8.42 Å². The molecule has 1 fully saturated rings. The van der Waals surface area contributed by atoms with Gasteiger partial charge in [-0.15, -0.1) is 0 Å². The first-order valence-electron chi connectivity index (χ1n) is 10.8. The Hall–Kier alpha value is -3.22. The Morgan fingerprint density at radius 1 is 1.06 bits per heavy atom.